The number of benzene rings is 3. The molecule has 0 radical (unpaired) electrons. The molecule has 2 aliphatic rings. The lowest BCUT2D eigenvalue weighted by atomic mass is 9.95. The number of ether oxygens (including phenoxy) is 1. The molecular formula is C30H29N3O2. The Morgan fingerprint density at radius 2 is 1.69 bits per heavy atom. The van der Waals surface area contributed by atoms with Crippen LogP contribution >= 0.6 is 0 Å². The second-order valence-corrected chi connectivity index (χ2v) is 9.57. The van der Waals surface area contributed by atoms with Gasteiger partial charge in [0.05, 0.1) is 11.8 Å². The van der Waals surface area contributed by atoms with Gasteiger partial charge in [-0.3, -0.25) is 9.89 Å². The van der Waals surface area contributed by atoms with Crippen molar-refractivity contribution in [1.82, 2.24) is 15.5 Å². The first-order valence-electron chi connectivity index (χ1n) is 12.4. The topological polar surface area (TPSA) is 67.0 Å². The molecule has 5 nitrogen and oxygen atoms in total. The van der Waals surface area contributed by atoms with E-state index in [1.807, 2.05) is 24.4 Å². The fourth-order valence-corrected chi connectivity index (χ4v) is 5.34. The smallest absolute Gasteiger partial charge is 0.170 e. The highest BCUT2D eigenvalue weighted by Crippen LogP contribution is 2.32. The largest absolute Gasteiger partial charge is 0.489 e. The molecule has 2 heterocycles. The van der Waals surface area contributed by atoms with Crippen LogP contribution in [0.4, 0.5) is 0 Å². The van der Waals surface area contributed by atoms with Gasteiger partial charge in [0.15, 0.2) is 5.78 Å². The fourth-order valence-electron chi connectivity index (χ4n) is 5.34. The third kappa shape index (κ3) is 4.64. The Balaban J connectivity index is 1.28. The van der Waals surface area contributed by atoms with Crippen molar-refractivity contribution in [2.45, 2.75) is 38.2 Å². The Morgan fingerprint density at radius 3 is 2.46 bits per heavy atom. The molecule has 0 spiro atoms. The lowest BCUT2D eigenvalue weighted by Crippen LogP contribution is -2.18. The zero-order valence-corrected chi connectivity index (χ0v) is 19.7. The molecule has 6 rings (SSSR count). The normalized spacial score (nSPS) is 15.3. The van der Waals surface area contributed by atoms with Gasteiger partial charge in [-0.1, -0.05) is 48.5 Å². The monoisotopic (exact) mass is 463 g/mol. The quantitative estimate of drug-likeness (QED) is 0.406. The Bertz CT molecular complexity index is 1340. The number of ketones is 1. The summed E-state index contributed by atoms with van der Waals surface area (Å²) in [6.07, 6.45) is 7.81. The minimum absolute atomic E-state index is 0.0264. The van der Waals surface area contributed by atoms with Crippen molar-refractivity contribution in [2.75, 3.05) is 13.1 Å². The van der Waals surface area contributed by atoms with Gasteiger partial charge in [-0.15, -0.1) is 0 Å². The molecule has 0 saturated carbocycles. The summed E-state index contributed by atoms with van der Waals surface area (Å²) in [6, 6.07) is 20.9. The number of carbonyl (C=O) groups is 1. The van der Waals surface area contributed by atoms with Crippen molar-refractivity contribution < 1.29 is 9.53 Å². The summed E-state index contributed by atoms with van der Waals surface area (Å²) in [4.78, 5) is 13.5. The van der Waals surface area contributed by atoms with Gasteiger partial charge < -0.3 is 10.1 Å². The number of nitrogens with one attached hydrogen (secondary N) is 2. The maximum Gasteiger partial charge on any atom is 0.170 e. The number of aromatic nitrogens is 2. The molecule has 0 atom stereocenters. The Hall–Kier alpha value is -3.70. The number of aromatic amines is 1. The molecule has 0 unspecified atom stereocenters. The van der Waals surface area contributed by atoms with E-state index in [4.69, 9.17) is 4.74 Å². The first-order chi connectivity index (χ1) is 17.2. The van der Waals surface area contributed by atoms with Crippen LogP contribution in [-0.2, 0) is 32.1 Å². The van der Waals surface area contributed by atoms with E-state index >= 15 is 0 Å². The number of hydrogen-bond acceptors (Lipinski definition) is 4. The highest BCUT2D eigenvalue weighted by Gasteiger charge is 2.25. The Kier molecular flexibility index (Phi) is 5.93. The second-order valence-electron chi connectivity index (χ2n) is 9.57. The Morgan fingerprint density at radius 1 is 0.886 bits per heavy atom. The average molecular weight is 464 g/mol. The maximum absolute atomic E-state index is 13.5. The number of H-pyrrole nitrogens is 1. The lowest BCUT2D eigenvalue weighted by Gasteiger charge is -2.17. The zero-order chi connectivity index (χ0) is 23.6. The molecule has 0 bridgehead atoms. The van der Waals surface area contributed by atoms with Crippen LogP contribution in [0.2, 0.25) is 0 Å². The number of Topliss-reactive ketones (excluding diaryl/α,β-unsaturated/α-hetero) is 1. The van der Waals surface area contributed by atoms with Gasteiger partial charge in [0.25, 0.3) is 0 Å². The second kappa shape index (κ2) is 9.51. The molecule has 3 aromatic carbocycles. The molecule has 2 N–H and O–H groups in total. The van der Waals surface area contributed by atoms with Crippen molar-refractivity contribution in [2.24, 2.45) is 0 Å². The van der Waals surface area contributed by atoms with E-state index in [0.717, 1.165) is 55.5 Å². The van der Waals surface area contributed by atoms with Gasteiger partial charge in [0.2, 0.25) is 0 Å². The van der Waals surface area contributed by atoms with Crippen LogP contribution < -0.4 is 10.1 Å². The number of fused-ring (bicyclic) bond motifs is 2. The number of nitrogens with zero attached hydrogens (tertiary/aromatic N) is 1. The summed E-state index contributed by atoms with van der Waals surface area (Å²) in [5.41, 5.74) is 9.07. The molecule has 0 fully saturated rings. The maximum atomic E-state index is 13.5. The van der Waals surface area contributed by atoms with Crippen molar-refractivity contribution in [3.8, 4) is 16.9 Å². The third-order valence-corrected chi connectivity index (χ3v) is 7.20. The van der Waals surface area contributed by atoms with Gasteiger partial charge in [0.1, 0.15) is 11.9 Å². The molecular weight excluding hydrogens is 434 g/mol. The highest BCUT2D eigenvalue weighted by atomic mass is 16.5. The van der Waals surface area contributed by atoms with Crippen LogP contribution in [0.25, 0.3) is 11.1 Å². The zero-order valence-electron chi connectivity index (χ0n) is 19.7. The predicted molar refractivity (Wildman–Crippen MR) is 137 cm³/mol. The minimum Gasteiger partial charge on any atom is -0.489 e. The fraction of sp³-hybridized carbons (Fsp3) is 0.267. The molecule has 176 valence electrons. The average Bonchev–Trinajstić information content (AvgIpc) is 3.49. The molecule has 4 aromatic rings. The predicted octanol–water partition coefficient (Wildman–Crippen LogP) is 4.74. The van der Waals surface area contributed by atoms with Crippen LogP contribution in [0, 0.1) is 0 Å². The number of rotatable bonds is 6. The molecule has 1 aliphatic heterocycles. The summed E-state index contributed by atoms with van der Waals surface area (Å²) in [5.74, 6) is 0.742. The van der Waals surface area contributed by atoms with E-state index in [1.165, 1.54) is 22.3 Å². The molecule has 0 saturated heterocycles. The molecule has 1 aromatic heterocycles. The van der Waals surface area contributed by atoms with Crippen LogP contribution in [0.3, 0.4) is 0 Å². The van der Waals surface area contributed by atoms with Gasteiger partial charge in [-0.25, -0.2) is 0 Å². The van der Waals surface area contributed by atoms with Crippen LogP contribution in [-0.4, -0.2) is 35.2 Å². The van der Waals surface area contributed by atoms with Gasteiger partial charge in [-0.2, -0.15) is 5.10 Å². The van der Waals surface area contributed by atoms with Crippen molar-refractivity contribution >= 4 is 5.78 Å². The summed E-state index contributed by atoms with van der Waals surface area (Å²) < 4.78 is 6.53. The summed E-state index contributed by atoms with van der Waals surface area (Å²) in [7, 11) is 0. The van der Waals surface area contributed by atoms with Crippen molar-refractivity contribution in [1.29, 1.82) is 0 Å². The van der Waals surface area contributed by atoms with E-state index in [0.29, 0.717) is 17.7 Å². The first-order valence-corrected chi connectivity index (χ1v) is 12.4. The molecule has 5 heteroatoms. The molecule has 35 heavy (non-hydrogen) atoms. The van der Waals surface area contributed by atoms with Gasteiger partial charge in [0, 0.05) is 31.0 Å². The number of hydrogen-bond donors (Lipinski definition) is 2. The van der Waals surface area contributed by atoms with E-state index in [-0.39, 0.29) is 11.9 Å². The van der Waals surface area contributed by atoms with E-state index in [1.54, 1.807) is 6.20 Å². The van der Waals surface area contributed by atoms with E-state index in [9.17, 15) is 4.79 Å². The Labute approximate surface area is 205 Å². The lowest BCUT2D eigenvalue weighted by molar-refractivity contribution is 0.0986. The first kappa shape index (κ1) is 21.8. The van der Waals surface area contributed by atoms with E-state index in [2.05, 4.69) is 58.0 Å². The standard InChI is InChI=1S/C30H29N3O2/c34-29(14-20-5-6-21-9-11-31-12-10-25(21)13-20)28-8-7-24(26-18-32-33-19-26)17-30(28)35-27-15-22-3-1-2-4-23(22)16-27/h1-8,13,17-19,27,31H,9-12,14-16H2,(H,32,33). The van der Waals surface area contributed by atoms with Crippen molar-refractivity contribution in [3.63, 3.8) is 0 Å². The molecule has 0 amide bonds. The van der Waals surface area contributed by atoms with Gasteiger partial charge >= 0.3 is 0 Å². The highest BCUT2D eigenvalue weighted by molar-refractivity contribution is 6.00. The number of carbonyl (C=O) groups excluding carboxylic acids is 1. The third-order valence-electron chi connectivity index (χ3n) is 7.20. The molecule has 1 aliphatic carbocycles. The van der Waals surface area contributed by atoms with Crippen LogP contribution in [0.15, 0.2) is 73.1 Å². The van der Waals surface area contributed by atoms with E-state index < -0.39 is 0 Å². The SMILES string of the molecule is O=C(Cc1ccc2c(c1)CCNCC2)c1ccc(-c2cn[nH]c2)cc1OC1Cc2ccccc2C1. The van der Waals surface area contributed by atoms with Gasteiger partial charge in [-0.05, 0) is 71.4 Å². The van der Waals surface area contributed by atoms with Crippen LogP contribution in [0.5, 0.6) is 5.75 Å². The summed E-state index contributed by atoms with van der Waals surface area (Å²) in [5, 5.41) is 10.4. The minimum atomic E-state index is 0.0264. The summed E-state index contributed by atoms with van der Waals surface area (Å²) >= 11 is 0. The van der Waals surface area contributed by atoms with Crippen LogP contribution in [0.1, 0.15) is 38.2 Å². The summed E-state index contributed by atoms with van der Waals surface area (Å²) in [6.45, 7) is 2.00. The van der Waals surface area contributed by atoms with Crippen molar-refractivity contribution in [3.05, 3.63) is 106 Å².